The Hall–Kier alpha value is -3.63. The number of pyridine rings is 1. The summed E-state index contributed by atoms with van der Waals surface area (Å²) in [6.45, 7) is 0.0247. The number of carbonyl (C=O) groups excluding carboxylic acids is 1. The third-order valence-corrected chi connectivity index (χ3v) is 7.31. The first-order valence-electron chi connectivity index (χ1n) is 12.0. The number of anilines is 2. The van der Waals surface area contributed by atoms with Crippen molar-refractivity contribution >= 4 is 39.9 Å². The first-order valence-corrected chi connectivity index (χ1v) is 12.4. The zero-order valence-corrected chi connectivity index (χ0v) is 20.5. The highest BCUT2D eigenvalue weighted by Crippen LogP contribution is 2.43. The van der Waals surface area contributed by atoms with Crippen LogP contribution in [0.4, 0.5) is 11.4 Å². The van der Waals surface area contributed by atoms with Crippen molar-refractivity contribution in [3.63, 3.8) is 0 Å². The molecule has 3 atom stereocenters. The Morgan fingerprint density at radius 2 is 2.03 bits per heavy atom. The molecule has 9 nitrogen and oxygen atoms in total. The number of hydrogen-bond acceptors (Lipinski definition) is 7. The van der Waals surface area contributed by atoms with Crippen molar-refractivity contribution in [2.24, 2.45) is 0 Å². The van der Waals surface area contributed by atoms with Gasteiger partial charge in [0.1, 0.15) is 28.8 Å². The van der Waals surface area contributed by atoms with E-state index in [1.807, 2.05) is 30.3 Å². The van der Waals surface area contributed by atoms with E-state index in [0.717, 1.165) is 0 Å². The normalized spacial score (nSPS) is 21.8. The molecule has 10 heteroatoms. The average molecular weight is 521 g/mol. The van der Waals surface area contributed by atoms with E-state index in [1.54, 1.807) is 30.6 Å². The number of ether oxygens (including phenoxy) is 2. The Morgan fingerprint density at radius 3 is 2.76 bits per heavy atom. The number of benzene rings is 2. The SMILES string of the molecule is O=C1Nc2cnc3[nH]cc(C(O)c4ccc(Oc5ccccc5)cc4Cl)c3c2N[C@@]12CC[C@@H](CO)OC2. The molecular formula is C27H25ClN4O5. The number of hydrogen-bond donors (Lipinski definition) is 5. The van der Waals surface area contributed by atoms with Gasteiger partial charge in [-0.2, -0.15) is 0 Å². The van der Waals surface area contributed by atoms with Gasteiger partial charge in [-0.25, -0.2) is 4.98 Å². The standard InChI is InChI=1S/C27H25ClN4O5/c28-20-10-16(37-15-4-2-1-3-5-15)6-7-18(20)24(34)19-11-29-25-22(19)23-21(12-30-25)31-26(35)27(32-23)9-8-17(13-33)36-14-27/h1-7,10-12,17,24,32-34H,8-9,13-14H2,(H,29,30)(H,31,35)/t17-,24?,27+/m0/s1. The molecule has 1 fully saturated rings. The number of aromatic nitrogens is 2. The van der Waals surface area contributed by atoms with Crippen LogP contribution in [-0.2, 0) is 9.53 Å². The highest BCUT2D eigenvalue weighted by Gasteiger charge is 2.46. The van der Waals surface area contributed by atoms with Gasteiger partial charge in [0.15, 0.2) is 0 Å². The largest absolute Gasteiger partial charge is 0.457 e. The highest BCUT2D eigenvalue weighted by atomic mass is 35.5. The van der Waals surface area contributed by atoms with Crippen LogP contribution in [0.2, 0.25) is 5.02 Å². The predicted molar refractivity (Wildman–Crippen MR) is 139 cm³/mol. The number of aliphatic hydroxyl groups is 2. The Balaban J connectivity index is 1.34. The number of aliphatic hydroxyl groups excluding tert-OH is 2. The van der Waals surface area contributed by atoms with Crippen LogP contribution in [0, 0.1) is 0 Å². The molecule has 1 spiro atoms. The van der Waals surface area contributed by atoms with Gasteiger partial charge < -0.3 is 35.3 Å². The van der Waals surface area contributed by atoms with E-state index >= 15 is 0 Å². The second kappa shape index (κ2) is 9.35. The molecule has 0 bridgehead atoms. The average Bonchev–Trinajstić information content (AvgIpc) is 3.35. The molecule has 2 aromatic heterocycles. The minimum Gasteiger partial charge on any atom is -0.457 e. The van der Waals surface area contributed by atoms with E-state index in [1.165, 1.54) is 0 Å². The van der Waals surface area contributed by atoms with Crippen molar-refractivity contribution in [2.75, 3.05) is 23.8 Å². The monoisotopic (exact) mass is 520 g/mol. The first kappa shape index (κ1) is 23.7. The smallest absolute Gasteiger partial charge is 0.252 e. The van der Waals surface area contributed by atoms with Gasteiger partial charge in [-0.05, 0) is 37.1 Å². The molecule has 4 aromatic rings. The van der Waals surface area contributed by atoms with Gasteiger partial charge in [0, 0.05) is 17.3 Å². The van der Waals surface area contributed by atoms with E-state index in [2.05, 4.69) is 20.6 Å². The van der Waals surface area contributed by atoms with E-state index in [-0.39, 0.29) is 25.2 Å². The number of aromatic amines is 1. The number of amides is 1. The van der Waals surface area contributed by atoms with Gasteiger partial charge >= 0.3 is 0 Å². The van der Waals surface area contributed by atoms with Crippen LogP contribution in [0.25, 0.3) is 11.0 Å². The molecule has 5 N–H and O–H groups in total. The fraction of sp³-hybridized carbons (Fsp3) is 0.259. The summed E-state index contributed by atoms with van der Waals surface area (Å²) in [7, 11) is 0. The molecule has 2 aliphatic rings. The summed E-state index contributed by atoms with van der Waals surface area (Å²) in [6.07, 6.45) is 2.93. The lowest BCUT2D eigenvalue weighted by Crippen LogP contribution is -2.59. The molecule has 1 amide bonds. The Labute approximate surface area is 217 Å². The minimum absolute atomic E-state index is 0.0907. The number of carbonyl (C=O) groups is 1. The van der Waals surface area contributed by atoms with Crippen molar-refractivity contribution in [1.82, 2.24) is 9.97 Å². The third-order valence-electron chi connectivity index (χ3n) is 6.98. The van der Waals surface area contributed by atoms with Crippen LogP contribution in [0.5, 0.6) is 11.5 Å². The van der Waals surface area contributed by atoms with Crippen LogP contribution >= 0.6 is 11.6 Å². The van der Waals surface area contributed by atoms with Gasteiger partial charge in [-0.3, -0.25) is 4.79 Å². The summed E-state index contributed by atoms with van der Waals surface area (Å²) in [5, 5.41) is 28.2. The topological polar surface area (TPSA) is 129 Å². The molecule has 2 aliphatic heterocycles. The number of rotatable bonds is 5. The van der Waals surface area contributed by atoms with Crippen LogP contribution in [-0.4, -0.2) is 50.9 Å². The summed E-state index contributed by atoms with van der Waals surface area (Å²) in [5.74, 6) is 1.02. The lowest BCUT2D eigenvalue weighted by molar-refractivity contribution is -0.128. The van der Waals surface area contributed by atoms with E-state index < -0.39 is 11.6 Å². The number of para-hydroxylation sites is 1. The van der Waals surface area contributed by atoms with E-state index in [9.17, 15) is 15.0 Å². The lowest BCUT2D eigenvalue weighted by atomic mass is 9.86. The number of nitrogens with one attached hydrogen (secondary N) is 3. The quantitative estimate of drug-likeness (QED) is 0.264. The summed E-state index contributed by atoms with van der Waals surface area (Å²) >= 11 is 6.59. The zero-order valence-electron chi connectivity index (χ0n) is 19.7. The van der Waals surface area contributed by atoms with E-state index in [0.29, 0.717) is 62.9 Å². The summed E-state index contributed by atoms with van der Waals surface area (Å²) in [6, 6.07) is 14.5. The van der Waals surface area contributed by atoms with Crippen LogP contribution < -0.4 is 15.4 Å². The number of halogens is 1. The molecule has 0 radical (unpaired) electrons. The molecule has 0 aliphatic carbocycles. The van der Waals surface area contributed by atoms with E-state index in [4.69, 9.17) is 21.1 Å². The van der Waals surface area contributed by atoms with Crippen molar-refractivity contribution in [3.05, 3.63) is 77.1 Å². The van der Waals surface area contributed by atoms with Gasteiger partial charge in [-0.15, -0.1) is 0 Å². The van der Waals surface area contributed by atoms with Crippen LogP contribution in [0.15, 0.2) is 60.9 Å². The highest BCUT2D eigenvalue weighted by molar-refractivity contribution is 6.31. The van der Waals surface area contributed by atoms with Crippen molar-refractivity contribution in [1.29, 1.82) is 0 Å². The zero-order chi connectivity index (χ0) is 25.6. The van der Waals surface area contributed by atoms with Crippen molar-refractivity contribution in [3.8, 4) is 11.5 Å². The molecule has 6 rings (SSSR count). The fourth-order valence-electron chi connectivity index (χ4n) is 4.93. The summed E-state index contributed by atoms with van der Waals surface area (Å²) in [4.78, 5) is 20.6. The second-order valence-corrected chi connectivity index (χ2v) is 9.74. The Bertz CT molecular complexity index is 1470. The molecular weight excluding hydrogens is 496 g/mol. The predicted octanol–water partition coefficient (Wildman–Crippen LogP) is 4.36. The van der Waals surface area contributed by atoms with Crippen LogP contribution in [0.1, 0.15) is 30.1 Å². The second-order valence-electron chi connectivity index (χ2n) is 9.33. The lowest BCUT2D eigenvalue weighted by Gasteiger charge is -2.42. The molecule has 2 aromatic carbocycles. The summed E-state index contributed by atoms with van der Waals surface area (Å²) in [5.41, 5.74) is 1.78. The third kappa shape index (κ3) is 4.19. The molecule has 37 heavy (non-hydrogen) atoms. The summed E-state index contributed by atoms with van der Waals surface area (Å²) < 4.78 is 11.6. The molecule has 190 valence electrons. The first-order chi connectivity index (χ1) is 18.0. The molecule has 0 saturated carbocycles. The van der Waals surface area contributed by atoms with Crippen molar-refractivity contribution < 1.29 is 24.5 Å². The maximum atomic E-state index is 13.0. The van der Waals surface area contributed by atoms with Gasteiger partial charge in [-0.1, -0.05) is 35.9 Å². The Kier molecular flexibility index (Phi) is 6.00. The number of nitrogens with zero attached hydrogens (tertiary/aromatic N) is 1. The van der Waals surface area contributed by atoms with Gasteiger partial charge in [0.25, 0.3) is 5.91 Å². The number of H-pyrrole nitrogens is 1. The molecule has 1 saturated heterocycles. The maximum absolute atomic E-state index is 13.0. The van der Waals surface area contributed by atoms with Crippen LogP contribution in [0.3, 0.4) is 0 Å². The fourth-order valence-corrected chi connectivity index (χ4v) is 5.20. The maximum Gasteiger partial charge on any atom is 0.252 e. The van der Waals surface area contributed by atoms with Gasteiger partial charge in [0.05, 0.1) is 47.3 Å². The molecule has 1 unspecified atom stereocenters. The molecule has 4 heterocycles. The minimum atomic E-state index is -1.07. The Morgan fingerprint density at radius 1 is 1.19 bits per heavy atom. The van der Waals surface area contributed by atoms with Crippen molar-refractivity contribution in [2.45, 2.75) is 30.6 Å². The number of fused-ring (bicyclic) bond motifs is 3. The van der Waals surface area contributed by atoms with Gasteiger partial charge in [0.2, 0.25) is 0 Å².